The minimum atomic E-state index is 0.567. The molecule has 18 heavy (non-hydrogen) atoms. The van der Waals surface area contributed by atoms with Crippen LogP contribution in [0.3, 0.4) is 0 Å². The van der Waals surface area contributed by atoms with Crippen LogP contribution in [0.4, 0.5) is 0 Å². The highest BCUT2D eigenvalue weighted by atomic mass is 32.1. The van der Waals surface area contributed by atoms with Gasteiger partial charge in [0.1, 0.15) is 12.2 Å². The highest BCUT2D eigenvalue weighted by molar-refractivity contribution is 7.80. The van der Waals surface area contributed by atoms with E-state index in [0.717, 1.165) is 38.4 Å². The van der Waals surface area contributed by atoms with Crippen LogP contribution in [0.15, 0.2) is 6.33 Å². The van der Waals surface area contributed by atoms with Crippen molar-refractivity contribution < 1.29 is 0 Å². The van der Waals surface area contributed by atoms with E-state index in [0.29, 0.717) is 10.9 Å². The number of hydrogen-bond donors (Lipinski definition) is 1. The Kier molecular flexibility index (Phi) is 6.21. The van der Waals surface area contributed by atoms with Crippen molar-refractivity contribution in [3.05, 3.63) is 12.2 Å². The summed E-state index contributed by atoms with van der Waals surface area (Å²) in [5, 5.41) is 4.27. The van der Waals surface area contributed by atoms with Gasteiger partial charge in [-0.15, -0.1) is 0 Å². The van der Waals surface area contributed by atoms with Crippen molar-refractivity contribution in [2.45, 2.75) is 40.3 Å². The number of aromatic nitrogens is 3. The van der Waals surface area contributed by atoms with E-state index in [1.807, 2.05) is 4.68 Å². The third kappa shape index (κ3) is 5.10. The van der Waals surface area contributed by atoms with E-state index in [1.165, 1.54) is 0 Å². The predicted molar refractivity (Wildman–Crippen MR) is 77.2 cm³/mol. The number of nitrogens with two attached hydrogens (primary N) is 1. The first-order chi connectivity index (χ1) is 8.52. The molecule has 1 aromatic heterocycles. The molecule has 1 rings (SSSR count). The zero-order valence-electron chi connectivity index (χ0n) is 11.5. The van der Waals surface area contributed by atoms with Crippen molar-refractivity contribution in [2.24, 2.45) is 11.7 Å². The summed E-state index contributed by atoms with van der Waals surface area (Å²) in [6.07, 6.45) is 2.38. The first-order valence-electron chi connectivity index (χ1n) is 6.40. The summed E-state index contributed by atoms with van der Waals surface area (Å²) >= 11 is 4.91. The van der Waals surface area contributed by atoms with E-state index in [9.17, 15) is 0 Å². The number of hydrogen-bond acceptors (Lipinski definition) is 4. The normalized spacial score (nSPS) is 11.4. The second kappa shape index (κ2) is 7.43. The van der Waals surface area contributed by atoms with Gasteiger partial charge in [-0.05, 0) is 12.5 Å². The quantitative estimate of drug-likeness (QED) is 0.724. The third-order valence-corrected chi connectivity index (χ3v) is 2.92. The Hall–Kier alpha value is -1.01. The third-order valence-electron chi connectivity index (χ3n) is 2.72. The fourth-order valence-corrected chi connectivity index (χ4v) is 1.82. The Morgan fingerprint density at radius 2 is 2.28 bits per heavy atom. The van der Waals surface area contributed by atoms with Crippen molar-refractivity contribution in [1.29, 1.82) is 0 Å². The second-order valence-corrected chi connectivity index (χ2v) is 5.36. The van der Waals surface area contributed by atoms with Gasteiger partial charge in [-0.2, -0.15) is 5.10 Å². The van der Waals surface area contributed by atoms with Crippen molar-refractivity contribution in [1.82, 2.24) is 19.7 Å². The Bertz CT molecular complexity index is 374. The molecule has 2 N–H and O–H groups in total. The summed E-state index contributed by atoms with van der Waals surface area (Å²) in [5.41, 5.74) is 5.54. The fraction of sp³-hybridized carbons (Fsp3) is 0.750. The molecule has 5 nitrogen and oxygen atoms in total. The van der Waals surface area contributed by atoms with Crippen LogP contribution < -0.4 is 5.73 Å². The molecule has 0 aliphatic heterocycles. The zero-order chi connectivity index (χ0) is 13.5. The highest BCUT2D eigenvalue weighted by Gasteiger charge is 2.10. The Labute approximate surface area is 114 Å². The van der Waals surface area contributed by atoms with Crippen LogP contribution >= 0.6 is 12.2 Å². The molecule has 0 unspecified atom stereocenters. The molecular formula is C12H23N5S. The molecule has 0 aliphatic rings. The average molecular weight is 269 g/mol. The molecule has 0 fully saturated rings. The molecule has 0 aromatic carbocycles. The molecule has 0 spiro atoms. The van der Waals surface area contributed by atoms with Crippen LogP contribution in [0.5, 0.6) is 0 Å². The largest absolute Gasteiger partial charge is 0.393 e. The monoisotopic (exact) mass is 269 g/mol. The Morgan fingerprint density at radius 3 is 2.83 bits per heavy atom. The zero-order valence-corrected chi connectivity index (χ0v) is 12.3. The van der Waals surface area contributed by atoms with Crippen LogP contribution in [-0.4, -0.2) is 37.7 Å². The van der Waals surface area contributed by atoms with Crippen LogP contribution in [0, 0.1) is 5.92 Å². The minimum absolute atomic E-state index is 0.567. The maximum atomic E-state index is 5.54. The summed E-state index contributed by atoms with van der Waals surface area (Å²) in [5.74, 6) is 1.57. The standard InChI is InChI=1S/C12H23N5S/c1-4-16(6-5-11(13)18)8-12-14-9-15-17(12)7-10(2)3/h9-10H,4-8H2,1-3H3,(H2,13,18). The van der Waals surface area contributed by atoms with E-state index in [4.69, 9.17) is 18.0 Å². The summed E-state index contributed by atoms with van der Waals surface area (Å²) in [4.78, 5) is 7.17. The summed E-state index contributed by atoms with van der Waals surface area (Å²) in [7, 11) is 0. The molecule has 0 aliphatic carbocycles. The first kappa shape index (κ1) is 15.0. The van der Waals surface area contributed by atoms with Crippen LogP contribution in [0.2, 0.25) is 0 Å². The highest BCUT2D eigenvalue weighted by Crippen LogP contribution is 2.05. The van der Waals surface area contributed by atoms with Crippen molar-refractivity contribution in [3.8, 4) is 0 Å². The number of rotatable bonds is 8. The Balaban J connectivity index is 2.58. The van der Waals surface area contributed by atoms with Gasteiger partial charge < -0.3 is 5.73 Å². The summed E-state index contributed by atoms with van der Waals surface area (Å²) in [6, 6.07) is 0. The SMILES string of the molecule is CCN(CCC(N)=S)Cc1ncnn1CC(C)C. The van der Waals surface area contributed by atoms with Gasteiger partial charge in [0.05, 0.1) is 11.5 Å². The van der Waals surface area contributed by atoms with Crippen molar-refractivity contribution in [2.75, 3.05) is 13.1 Å². The van der Waals surface area contributed by atoms with Gasteiger partial charge in [0.25, 0.3) is 0 Å². The molecule has 1 heterocycles. The van der Waals surface area contributed by atoms with Gasteiger partial charge >= 0.3 is 0 Å². The Morgan fingerprint density at radius 1 is 1.56 bits per heavy atom. The lowest BCUT2D eigenvalue weighted by Crippen LogP contribution is -2.29. The molecule has 6 heteroatoms. The van der Waals surface area contributed by atoms with Crippen molar-refractivity contribution >= 4 is 17.2 Å². The van der Waals surface area contributed by atoms with E-state index >= 15 is 0 Å². The molecule has 1 aromatic rings. The lowest BCUT2D eigenvalue weighted by atomic mass is 10.2. The maximum Gasteiger partial charge on any atom is 0.141 e. The molecule has 0 saturated heterocycles. The van der Waals surface area contributed by atoms with E-state index in [1.54, 1.807) is 6.33 Å². The van der Waals surface area contributed by atoms with Crippen LogP contribution in [-0.2, 0) is 13.1 Å². The maximum absolute atomic E-state index is 5.54. The van der Waals surface area contributed by atoms with Crippen LogP contribution in [0.25, 0.3) is 0 Å². The van der Waals surface area contributed by atoms with Gasteiger partial charge in [0.2, 0.25) is 0 Å². The fourth-order valence-electron chi connectivity index (χ4n) is 1.73. The molecule has 0 saturated carbocycles. The lowest BCUT2D eigenvalue weighted by Gasteiger charge is -2.20. The minimum Gasteiger partial charge on any atom is -0.393 e. The predicted octanol–water partition coefficient (Wildman–Crippen LogP) is 1.43. The topological polar surface area (TPSA) is 60.0 Å². The van der Waals surface area contributed by atoms with E-state index < -0.39 is 0 Å². The molecule has 0 amide bonds. The molecule has 0 radical (unpaired) electrons. The average Bonchev–Trinajstić information content (AvgIpc) is 2.70. The van der Waals surface area contributed by atoms with Gasteiger partial charge in [0, 0.05) is 19.5 Å². The molecule has 0 atom stereocenters. The number of nitrogens with zero attached hydrogens (tertiary/aromatic N) is 4. The second-order valence-electron chi connectivity index (χ2n) is 4.84. The first-order valence-corrected chi connectivity index (χ1v) is 6.81. The molecule has 102 valence electrons. The summed E-state index contributed by atoms with van der Waals surface area (Å²) < 4.78 is 1.98. The van der Waals surface area contributed by atoms with Gasteiger partial charge in [-0.1, -0.05) is 33.0 Å². The van der Waals surface area contributed by atoms with E-state index in [2.05, 4.69) is 35.8 Å². The smallest absolute Gasteiger partial charge is 0.141 e. The van der Waals surface area contributed by atoms with E-state index in [-0.39, 0.29) is 0 Å². The summed E-state index contributed by atoms with van der Waals surface area (Å²) in [6.45, 7) is 10.0. The van der Waals surface area contributed by atoms with Gasteiger partial charge in [-0.25, -0.2) is 9.67 Å². The van der Waals surface area contributed by atoms with Crippen molar-refractivity contribution in [3.63, 3.8) is 0 Å². The van der Waals surface area contributed by atoms with Gasteiger partial charge in [0.15, 0.2) is 0 Å². The lowest BCUT2D eigenvalue weighted by molar-refractivity contribution is 0.272. The van der Waals surface area contributed by atoms with Crippen LogP contribution in [0.1, 0.15) is 33.0 Å². The molecule has 0 bridgehead atoms. The number of thiocarbonyl (C=S) groups is 1. The molecular weight excluding hydrogens is 246 g/mol. The van der Waals surface area contributed by atoms with Gasteiger partial charge in [-0.3, -0.25) is 4.90 Å².